The molecule has 0 radical (unpaired) electrons. The lowest BCUT2D eigenvalue weighted by atomic mass is 10.4. The van der Waals surface area contributed by atoms with E-state index in [9.17, 15) is 4.79 Å². The zero-order valence-electron chi connectivity index (χ0n) is 9.53. The summed E-state index contributed by atoms with van der Waals surface area (Å²) in [4.78, 5) is 20.0. The summed E-state index contributed by atoms with van der Waals surface area (Å²) in [5.74, 6) is 0.339. The van der Waals surface area contributed by atoms with E-state index in [1.54, 1.807) is 17.0 Å². The normalized spacial score (nSPS) is 10.5. The van der Waals surface area contributed by atoms with E-state index in [1.165, 1.54) is 17.0 Å². The molecule has 2 aromatic rings. The van der Waals surface area contributed by atoms with Crippen LogP contribution in [0.1, 0.15) is 25.7 Å². The molecule has 86 valence electrons. The van der Waals surface area contributed by atoms with Crippen LogP contribution in [-0.2, 0) is 0 Å². The molecular weight excluding hydrogens is 218 g/mol. The summed E-state index contributed by atoms with van der Waals surface area (Å²) >= 11 is 0. The summed E-state index contributed by atoms with van der Waals surface area (Å²) < 4.78 is 2.95. The smallest absolute Gasteiger partial charge is 0.294 e. The van der Waals surface area contributed by atoms with Crippen LogP contribution in [0.5, 0.6) is 0 Å². The maximum Gasteiger partial charge on any atom is 0.294 e. The van der Waals surface area contributed by atoms with Crippen LogP contribution in [0.2, 0.25) is 0 Å². The van der Waals surface area contributed by atoms with E-state index in [2.05, 4.69) is 9.97 Å². The molecule has 2 rings (SSSR count). The number of aromatic nitrogens is 4. The minimum Gasteiger partial charge on any atom is -0.308 e. The molecule has 0 bridgehead atoms. The molecule has 0 atom stereocenters. The maximum absolute atomic E-state index is 12.1. The Hall–Kier alpha value is -2.42. The summed E-state index contributed by atoms with van der Waals surface area (Å²) in [6.45, 7) is 3.81. The van der Waals surface area contributed by atoms with Gasteiger partial charge in [-0.15, -0.1) is 0 Å². The van der Waals surface area contributed by atoms with Gasteiger partial charge < -0.3 is 4.57 Å². The summed E-state index contributed by atoms with van der Waals surface area (Å²) in [6, 6.07) is 1.95. The predicted molar refractivity (Wildman–Crippen MR) is 60.7 cm³/mol. The van der Waals surface area contributed by atoms with Crippen molar-refractivity contribution < 1.29 is 0 Å². The van der Waals surface area contributed by atoms with E-state index < -0.39 is 0 Å². The first-order valence-corrected chi connectivity index (χ1v) is 5.16. The summed E-state index contributed by atoms with van der Waals surface area (Å²) in [5.41, 5.74) is -0.239. The molecule has 0 aliphatic carbocycles. The molecule has 0 spiro atoms. The van der Waals surface area contributed by atoms with Gasteiger partial charge in [-0.25, -0.2) is 9.97 Å². The predicted octanol–water partition coefficient (Wildman–Crippen LogP) is 0.882. The fourth-order valence-corrected chi connectivity index (χ4v) is 1.54. The Bertz CT molecular complexity index is 632. The molecule has 6 nitrogen and oxygen atoms in total. The van der Waals surface area contributed by atoms with Crippen molar-refractivity contribution in [3.63, 3.8) is 0 Å². The number of imidazole rings is 1. The van der Waals surface area contributed by atoms with Crippen molar-refractivity contribution in [1.29, 1.82) is 5.26 Å². The zero-order chi connectivity index (χ0) is 12.4. The van der Waals surface area contributed by atoms with Crippen molar-refractivity contribution in [1.82, 2.24) is 19.1 Å². The first-order chi connectivity index (χ1) is 8.15. The third-order valence-corrected chi connectivity index (χ3v) is 2.38. The summed E-state index contributed by atoms with van der Waals surface area (Å²) in [6.07, 6.45) is 6.18. The average molecular weight is 229 g/mol. The minimum atomic E-state index is -0.239. The number of nitrogens with zero attached hydrogens (tertiary/aromatic N) is 5. The van der Waals surface area contributed by atoms with Crippen LogP contribution in [0.3, 0.4) is 0 Å². The molecule has 0 amide bonds. The van der Waals surface area contributed by atoms with Crippen molar-refractivity contribution in [2.45, 2.75) is 19.9 Å². The average Bonchev–Trinajstić information content (AvgIpc) is 2.76. The molecule has 0 saturated carbocycles. The van der Waals surface area contributed by atoms with Crippen molar-refractivity contribution in [2.75, 3.05) is 0 Å². The number of nitriles is 1. The van der Waals surface area contributed by atoms with Crippen molar-refractivity contribution in [3.05, 3.63) is 41.0 Å². The summed E-state index contributed by atoms with van der Waals surface area (Å²) in [7, 11) is 0. The van der Waals surface area contributed by atoms with Gasteiger partial charge in [0, 0.05) is 30.8 Å². The fraction of sp³-hybridized carbons (Fsp3) is 0.273. The van der Waals surface area contributed by atoms with E-state index in [0.717, 1.165) is 0 Å². The van der Waals surface area contributed by atoms with Crippen LogP contribution in [0.4, 0.5) is 0 Å². The highest BCUT2D eigenvalue weighted by atomic mass is 16.1. The highest BCUT2D eigenvalue weighted by Gasteiger charge is 2.12. The van der Waals surface area contributed by atoms with Crippen LogP contribution in [0, 0.1) is 11.3 Å². The second kappa shape index (κ2) is 4.22. The van der Waals surface area contributed by atoms with Gasteiger partial charge in [0.15, 0.2) is 0 Å². The zero-order valence-corrected chi connectivity index (χ0v) is 9.53. The Kier molecular flexibility index (Phi) is 2.75. The van der Waals surface area contributed by atoms with Gasteiger partial charge in [-0.3, -0.25) is 9.36 Å². The number of rotatable bonds is 2. The summed E-state index contributed by atoms with van der Waals surface area (Å²) in [5, 5.41) is 8.87. The fourth-order valence-electron chi connectivity index (χ4n) is 1.54. The Morgan fingerprint density at radius 1 is 1.29 bits per heavy atom. The molecule has 2 aromatic heterocycles. The molecule has 0 unspecified atom stereocenters. The van der Waals surface area contributed by atoms with Gasteiger partial charge in [0.25, 0.3) is 5.56 Å². The Morgan fingerprint density at radius 3 is 2.65 bits per heavy atom. The van der Waals surface area contributed by atoms with Crippen molar-refractivity contribution >= 4 is 0 Å². The van der Waals surface area contributed by atoms with Gasteiger partial charge in [-0.05, 0) is 13.8 Å². The minimum absolute atomic E-state index is 0.0401. The Balaban J connectivity index is 2.66. The van der Waals surface area contributed by atoms with Gasteiger partial charge in [-0.2, -0.15) is 5.26 Å². The second-order valence-electron chi connectivity index (χ2n) is 3.79. The maximum atomic E-state index is 12.1. The van der Waals surface area contributed by atoms with E-state index in [1.807, 2.05) is 19.9 Å². The molecular formula is C11H11N5O. The molecule has 0 aliphatic heterocycles. The lowest BCUT2D eigenvalue weighted by Crippen LogP contribution is -2.26. The Labute approximate surface area is 97.8 Å². The molecule has 0 N–H and O–H groups in total. The largest absolute Gasteiger partial charge is 0.308 e. The van der Waals surface area contributed by atoms with E-state index in [-0.39, 0.29) is 23.2 Å². The van der Waals surface area contributed by atoms with Crippen LogP contribution in [0.25, 0.3) is 5.82 Å². The van der Waals surface area contributed by atoms with Crippen LogP contribution in [0.15, 0.2) is 29.6 Å². The Morgan fingerprint density at radius 2 is 2.00 bits per heavy atom. The molecule has 0 fully saturated rings. The monoisotopic (exact) mass is 229 g/mol. The molecule has 2 heterocycles. The third-order valence-electron chi connectivity index (χ3n) is 2.38. The van der Waals surface area contributed by atoms with Crippen molar-refractivity contribution in [2.24, 2.45) is 0 Å². The van der Waals surface area contributed by atoms with Gasteiger partial charge >= 0.3 is 0 Å². The lowest BCUT2D eigenvalue weighted by Gasteiger charge is -2.10. The molecule has 0 saturated heterocycles. The molecule has 0 aromatic carbocycles. The van der Waals surface area contributed by atoms with E-state index >= 15 is 0 Å². The van der Waals surface area contributed by atoms with Crippen LogP contribution < -0.4 is 5.56 Å². The SMILES string of the molecule is CC(C)n1ccnc(-n2ccnc2C#N)c1=O. The topological polar surface area (TPSA) is 76.5 Å². The van der Waals surface area contributed by atoms with Crippen LogP contribution in [-0.4, -0.2) is 19.1 Å². The molecule has 0 aliphatic rings. The van der Waals surface area contributed by atoms with Gasteiger partial charge in [-0.1, -0.05) is 0 Å². The van der Waals surface area contributed by atoms with Gasteiger partial charge in [0.1, 0.15) is 6.07 Å². The molecule has 6 heteroatoms. The van der Waals surface area contributed by atoms with Crippen LogP contribution >= 0.6 is 0 Å². The first-order valence-electron chi connectivity index (χ1n) is 5.16. The molecule has 17 heavy (non-hydrogen) atoms. The number of hydrogen-bond donors (Lipinski definition) is 0. The van der Waals surface area contributed by atoms with E-state index in [4.69, 9.17) is 5.26 Å². The standard InChI is InChI=1S/C11H11N5O/c1-8(2)15-5-4-14-10(11(15)17)16-6-3-13-9(16)7-12/h3-6,8H,1-2H3. The highest BCUT2D eigenvalue weighted by molar-refractivity contribution is 5.26. The third kappa shape index (κ3) is 1.83. The second-order valence-corrected chi connectivity index (χ2v) is 3.79. The van der Waals surface area contributed by atoms with Gasteiger partial charge in [0.05, 0.1) is 0 Å². The van der Waals surface area contributed by atoms with E-state index in [0.29, 0.717) is 0 Å². The highest BCUT2D eigenvalue weighted by Crippen LogP contribution is 2.04. The lowest BCUT2D eigenvalue weighted by molar-refractivity contribution is 0.570. The quantitative estimate of drug-likeness (QED) is 0.766. The van der Waals surface area contributed by atoms with Crippen molar-refractivity contribution in [3.8, 4) is 11.9 Å². The van der Waals surface area contributed by atoms with Gasteiger partial charge in [0.2, 0.25) is 11.6 Å². The number of hydrogen-bond acceptors (Lipinski definition) is 4. The first kappa shape index (κ1) is 11.1.